The summed E-state index contributed by atoms with van der Waals surface area (Å²) in [4.78, 5) is 10.8. The Balaban J connectivity index is 2.40. The fourth-order valence-electron chi connectivity index (χ4n) is 1.30. The van der Waals surface area contributed by atoms with Gasteiger partial charge in [-0.25, -0.2) is 0 Å². The first-order valence-electron chi connectivity index (χ1n) is 4.09. The van der Waals surface area contributed by atoms with Crippen molar-refractivity contribution in [1.29, 1.82) is 0 Å². The summed E-state index contributed by atoms with van der Waals surface area (Å²) >= 11 is 0. The molecule has 2 atom stereocenters. The Hall–Kier alpha value is -1.01. The molecule has 0 aromatic heterocycles. The van der Waals surface area contributed by atoms with Crippen LogP contribution in [-0.2, 0) is 9.53 Å². The average Bonchev–Trinajstić information content (AvgIpc) is 2.09. The largest absolute Gasteiger partial charge is 0.381 e. The van der Waals surface area contributed by atoms with Gasteiger partial charge in [-0.15, -0.1) is 6.42 Å². The summed E-state index contributed by atoms with van der Waals surface area (Å²) in [6, 6.07) is 0.183. The molecule has 1 fully saturated rings. The molecule has 1 aliphatic heterocycles. The second-order valence-corrected chi connectivity index (χ2v) is 3.07. The van der Waals surface area contributed by atoms with Crippen LogP contribution in [0.4, 0.5) is 0 Å². The maximum atomic E-state index is 10.8. The van der Waals surface area contributed by atoms with Gasteiger partial charge in [0.2, 0.25) is 0 Å². The molecule has 2 unspecified atom stereocenters. The number of nitrogens with one attached hydrogen (secondary N) is 1. The Labute approximate surface area is 72.5 Å². The van der Waals surface area contributed by atoms with Gasteiger partial charge in [0.15, 0.2) is 0 Å². The van der Waals surface area contributed by atoms with E-state index in [-0.39, 0.29) is 11.9 Å². The molecule has 0 spiro atoms. The molecule has 1 N–H and O–H groups in total. The number of carbonyl (C=O) groups is 1. The van der Waals surface area contributed by atoms with Crippen molar-refractivity contribution in [3.8, 4) is 12.3 Å². The molecule has 1 heterocycles. The van der Waals surface area contributed by atoms with Crippen LogP contribution in [0.3, 0.4) is 0 Å². The van der Waals surface area contributed by atoms with Gasteiger partial charge < -0.3 is 10.1 Å². The van der Waals surface area contributed by atoms with Gasteiger partial charge in [-0.1, -0.05) is 6.92 Å². The van der Waals surface area contributed by atoms with Crippen molar-refractivity contribution in [3.63, 3.8) is 0 Å². The Morgan fingerprint density at radius 3 is 3.08 bits per heavy atom. The summed E-state index contributed by atoms with van der Waals surface area (Å²) in [5.41, 5.74) is 0. The van der Waals surface area contributed by atoms with Gasteiger partial charge in [0.25, 0.3) is 5.91 Å². The smallest absolute Gasteiger partial charge is 0.295 e. The monoisotopic (exact) mass is 167 g/mol. The second kappa shape index (κ2) is 4.13. The Bertz CT molecular complexity index is 207. The highest BCUT2D eigenvalue weighted by molar-refractivity contribution is 5.93. The van der Waals surface area contributed by atoms with Crippen molar-refractivity contribution >= 4 is 5.91 Å². The van der Waals surface area contributed by atoms with E-state index in [0.717, 1.165) is 6.42 Å². The Kier molecular flexibility index (Phi) is 3.12. The lowest BCUT2D eigenvalue weighted by Crippen LogP contribution is -2.43. The van der Waals surface area contributed by atoms with Crippen LogP contribution in [-0.4, -0.2) is 25.2 Å². The van der Waals surface area contributed by atoms with Crippen LogP contribution in [0, 0.1) is 18.3 Å². The second-order valence-electron chi connectivity index (χ2n) is 3.07. The zero-order valence-electron chi connectivity index (χ0n) is 7.17. The van der Waals surface area contributed by atoms with Crippen molar-refractivity contribution in [2.45, 2.75) is 19.4 Å². The molecule has 0 radical (unpaired) electrons. The van der Waals surface area contributed by atoms with Crippen LogP contribution in [0.5, 0.6) is 0 Å². The molecule has 0 bridgehead atoms. The molecule has 1 aliphatic rings. The lowest BCUT2D eigenvalue weighted by Gasteiger charge is -2.28. The van der Waals surface area contributed by atoms with Gasteiger partial charge in [-0.3, -0.25) is 4.79 Å². The lowest BCUT2D eigenvalue weighted by atomic mass is 9.98. The first kappa shape index (κ1) is 9.08. The molecule has 0 saturated carbocycles. The summed E-state index contributed by atoms with van der Waals surface area (Å²) in [6.07, 6.45) is 5.80. The third-order valence-corrected chi connectivity index (χ3v) is 2.09. The van der Waals surface area contributed by atoms with Crippen LogP contribution in [0.25, 0.3) is 0 Å². The zero-order valence-corrected chi connectivity index (χ0v) is 7.17. The molecule has 1 amide bonds. The first-order chi connectivity index (χ1) is 5.74. The van der Waals surface area contributed by atoms with Gasteiger partial charge in [-0.05, 0) is 18.3 Å². The molecule has 1 saturated heterocycles. The third-order valence-electron chi connectivity index (χ3n) is 2.09. The van der Waals surface area contributed by atoms with Gasteiger partial charge in [0, 0.05) is 12.6 Å². The average molecular weight is 167 g/mol. The SMILES string of the molecule is C#CC(=O)NC1CCOCC1C. The van der Waals surface area contributed by atoms with Gasteiger partial charge in [-0.2, -0.15) is 0 Å². The van der Waals surface area contributed by atoms with Crippen molar-refractivity contribution < 1.29 is 9.53 Å². The number of hydrogen-bond acceptors (Lipinski definition) is 2. The Morgan fingerprint density at radius 1 is 1.75 bits per heavy atom. The topological polar surface area (TPSA) is 38.3 Å². The predicted octanol–water partition coefficient (Wildman–Crippen LogP) is 0.161. The summed E-state index contributed by atoms with van der Waals surface area (Å²) in [5, 5.41) is 2.76. The molecule has 12 heavy (non-hydrogen) atoms. The standard InChI is InChI=1S/C9H13NO2/c1-3-9(11)10-8-4-5-12-6-7(8)2/h1,7-8H,4-6H2,2H3,(H,10,11). The fraction of sp³-hybridized carbons (Fsp3) is 0.667. The van der Waals surface area contributed by atoms with Crippen molar-refractivity contribution in [1.82, 2.24) is 5.32 Å². The highest BCUT2D eigenvalue weighted by Crippen LogP contribution is 2.13. The summed E-state index contributed by atoms with van der Waals surface area (Å²) in [6.45, 7) is 3.45. The molecule has 0 aromatic carbocycles. The van der Waals surface area contributed by atoms with E-state index in [0.29, 0.717) is 19.1 Å². The number of hydrogen-bond donors (Lipinski definition) is 1. The van der Waals surface area contributed by atoms with Gasteiger partial charge in [0.1, 0.15) is 0 Å². The van der Waals surface area contributed by atoms with E-state index in [2.05, 4.69) is 5.32 Å². The van der Waals surface area contributed by atoms with Crippen molar-refractivity contribution in [3.05, 3.63) is 0 Å². The van der Waals surface area contributed by atoms with E-state index >= 15 is 0 Å². The molecule has 66 valence electrons. The quantitative estimate of drug-likeness (QED) is 0.565. The van der Waals surface area contributed by atoms with E-state index in [4.69, 9.17) is 11.2 Å². The molecular formula is C9H13NO2. The Morgan fingerprint density at radius 2 is 2.50 bits per heavy atom. The maximum Gasteiger partial charge on any atom is 0.295 e. The summed E-state index contributed by atoms with van der Waals surface area (Å²) < 4.78 is 5.22. The van der Waals surface area contributed by atoms with E-state index in [1.54, 1.807) is 0 Å². The normalized spacial score (nSPS) is 29.0. The number of terminal acetylenes is 1. The number of rotatable bonds is 1. The van der Waals surface area contributed by atoms with Crippen molar-refractivity contribution in [2.24, 2.45) is 5.92 Å². The highest BCUT2D eigenvalue weighted by atomic mass is 16.5. The molecule has 0 aromatic rings. The molecule has 3 nitrogen and oxygen atoms in total. The van der Waals surface area contributed by atoms with E-state index < -0.39 is 0 Å². The number of ether oxygens (including phenoxy) is 1. The summed E-state index contributed by atoms with van der Waals surface area (Å²) in [7, 11) is 0. The lowest BCUT2D eigenvalue weighted by molar-refractivity contribution is -0.117. The predicted molar refractivity (Wildman–Crippen MR) is 45.4 cm³/mol. The van der Waals surface area contributed by atoms with Crippen LogP contribution in [0.1, 0.15) is 13.3 Å². The van der Waals surface area contributed by atoms with Crippen LogP contribution in [0.2, 0.25) is 0 Å². The van der Waals surface area contributed by atoms with Crippen molar-refractivity contribution in [2.75, 3.05) is 13.2 Å². The van der Waals surface area contributed by atoms with E-state index in [1.807, 2.05) is 12.8 Å². The third kappa shape index (κ3) is 2.24. The number of carbonyl (C=O) groups excluding carboxylic acids is 1. The fourth-order valence-corrected chi connectivity index (χ4v) is 1.30. The maximum absolute atomic E-state index is 10.8. The van der Waals surface area contributed by atoms with Crippen LogP contribution < -0.4 is 5.32 Å². The zero-order chi connectivity index (χ0) is 8.97. The van der Waals surface area contributed by atoms with E-state index in [9.17, 15) is 4.79 Å². The number of amides is 1. The summed E-state index contributed by atoms with van der Waals surface area (Å²) in [5.74, 6) is 2.07. The molecular weight excluding hydrogens is 154 g/mol. The first-order valence-corrected chi connectivity index (χ1v) is 4.09. The molecule has 1 rings (SSSR count). The van der Waals surface area contributed by atoms with Gasteiger partial charge in [0.05, 0.1) is 6.61 Å². The van der Waals surface area contributed by atoms with Crippen LogP contribution in [0.15, 0.2) is 0 Å². The minimum absolute atomic E-state index is 0.183. The minimum Gasteiger partial charge on any atom is -0.381 e. The molecule has 0 aliphatic carbocycles. The van der Waals surface area contributed by atoms with Gasteiger partial charge >= 0.3 is 0 Å². The molecule has 3 heteroatoms. The van der Waals surface area contributed by atoms with Crippen LogP contribution >= 0.6 is 0 Å². The minimum atomic E-state index is -0.325. The highest BCUT2D eigenvalue weighted by Gasteiger charge is 2.22. The van der Waals surface area contributed by atoms with E-state index in [1.165, 1.54) is 0 Å².